The molecule has 2 unspecified atom stereocenters. The molecule has 5 nitrogen and oxygen atoms in total. The molecule has 5 heteroatoms. The van der Waals surface area contributed by atoms with Crippen LogP contribution in [-0.2, 0) is 4.79 Å². The Labute approximate surface area is 162 Å². The van der Waals surface area contributed by atoms with Crippen LogP contribution in [0.4, 0.5) is 0 Å². The summed E-state index contributed by atoms with van der Waals surface area (Å²) in [5, 5.41) is 30.7. The molecular formula is C22H35NO4. The Balaban J connectivity index is 1.40. The molecule has 2 saturated heterocycles. The molecule has 0 radical (unpaired) electrons. The van der Waals surface area contributed by atoms with Gasteiger partial charge in [-0.05, 0) is 50.4 Å². The van der Waals surface area contributed by atoms with Crippen LogP contribution >= 0.6 is 0 Å². The predicted molar refractivity (Wildman–Crippen MR) is 103 cm³/mol. The van der Waals surface area contributed by atoms with E-state index in [9.17, 15) is 20.1 Å². The van der Waals surface area contributed by atoms with E-state index < -0.39 is 18.2 Å². The highest BCUT2D eigenvalue weighted by Crippen LogP contribution is 2.49. The van der Waals surface area contributed by atoms with Crippen molar-refractivity contribution in [2.45, 2.75) is 101 Å². The van der Waals surface area contributed by atoms with E-state index in [0.29, 0.717) is 24.3 Å². The number of carboxylic acids is 1. The van der Waals surface area contributed by atoms with Gasteiger partial charge >= 0.3 is 5.97 Å². The van der Waals surface area contributed by atoms with Gasteiger partial charge < -0.3 is 15.3 Å². The van der Waals surface area contributed by atoms with E-state index in [1.165, 1.54) is 32.1 Å². The number of aliphatic carboxylic acids is 1. The minimum atomic E-state index is -0.711. The number of aliphatic hydroxyl groups is 2. The number of piperidine rings is 1. The predicted octanol–water partition coefficient (Wildman–Crippen LogP) is 2.95. The van der Waals surface area contributed by atoms with Crippen molar-refractivity contribution >= 4 is 5.97 Å². The van der Waals surface area contributed by atoms with Crippen LogP contribution in [0.15, 0.2) is 12.2 Å². The highest BCUT2D eigenvalue weighted by atomic mass is 16.4. The Morgan fingerprint density at radius 3 is 2.59 bits per heavy atom. The van der Waals surface area contributed by atoms with Gasteiger partial charge in [-0.2, -0.15) is 0 Å². The van der Waals surface area contributed by atoms with Crippen LogP contribution in [0.2, 0.25) is 0 Å². The molecule has 0 aromatic heterocycles. The smallest absolute Gasteiger partial charge is 0.320 e. The lowest BCUT2D eigenvalue weighted by Gasteiger charge is -2.38. The molecular weight excluding hydrogens is 342 g/mol. The van der Waals surface area contributed by atoms with E-state index in [1.54, 1.807) is 0 Å². The van der Waals surface area contributed by atoms with E-state index in [2.05, 4.69) is 11.0 Å². The van der Waals surface area contributed by atoms with Crippen molar-refractivity contribution in [1.82, 2.24) is 4.90 Å². The lowest BCUT2D eigenvalue weighted by atomic mass is 9.84. The minimum Gasteiger partial charge on any atom is -0.480 e. The fraction of sp³-hybridized carbons (Fsp3) is 0.864. The van der Waals surface area contributed by atoms with Crippen molar-refractivity contribution < 1.29 is 20.1 Å². The maximum atomic E-state index is 11.7. The number of hydrogen-bond acceptors (Lipinski definition) is 4. The standard InChI is InChI=1S/C22H35NO4/c24-16(11-14-5-2-1-3-6-14)9-10-17-18-12-15-7-4-8-19(22(26)27)23(15)20(18)13-21(17)25/h9-10,14-21,24-25H,1-8,11-13H2,(H,26,27)/b10-9+/t15?,16-,17+,18+,19?,20+,21+/m0/s1. The average molecular weight is 378 g/mol. The Morgan fingerprint density at radius 1 is 1.07 bits per heavy atom. The lowest BCUT2D eigenvalue weighted by Crippen LogP contribution is -2.51. The molecule has 2 aliphatic heterocycles. The molecule has 2 saturated carbocycles. The van der Waals surface area contributed by atoms with Crippen molar-refractivity contribution in [3.63, 3.8) is 0 Å². The van der Waals surface area contributed by atoms with E-state index >= 15 is 0 Å². The molecule has 2 aliphatic carbocycles. The second-order valence-corrected chi connectivity index (χ2v) is 9.43. The maximum Gasteiger partial charge on any atom is 0.320 e. The first-order valence-electron chi connectivity index (χ1n) is 11.1. The summed E-state index contributed by atoms with van der Waals surface area (Å²) in [5.74, 6) is 0.298. The molecule has 0 aromatic carbocycles. The Hall–Kier alpha value is -0.910. The Kier molecular flexibility index (Phi) is 5.91. The Morgan fingerprint density at radius 2 is 1.85 bits per heavy atom. The van der Waals surface area contributed by atoms with E-state index in [1.807, 2.05) is 6.08 Å². The first-order chi connectivity index (χ1) is 13.0. The van der Waals surface area contributed by atoms with E-state index in [-0.39, 0.29) is 18.0 Å². The molecule has 4 fully saturated rings. The van der Waals surface area contributed by atoms with Gasteiger partial charge in [-0.1, -0.05) is 44.3 Å². The third-order valence-electron chi connectivity index (χ3n) is 7.78. The van der Waals surface area contributed by atoms with Gasteiger partial charge in [-0.3, -0.25) is 9.69 Å². The van der Waals surface area contributed by atoms with Crippen LogP contribution < -0.4 is 0 Å². The summed E-state index contributed by atoms with van der Waals surface area (Å²) in [6.45, 7) is 0. The number of fused-ring (bicyclic) bond motifs is 3. The first-order valence-corrected chi connectivity index (χ1v) is 11.1. The van der Waals surface area contributed by atoms with Crippen LogP contribution in [0.3, 0.4) is 0 Å². The Bertz CT molecular complexity index is 559. The zero-order chi connectivity index (χ0) is 19.0. The molecule has 0 amide bonds. The summed E-state index contributed by atoms with van der Waals surface area (Å²) < 4.78 is 0. The van der Waals surface area contributed by atoms with Crippen LogP contribution in [0.25, 0.3) is 0 Å². The van der Waals surface area contributed by atoms with E-state index in [0.717, 1.165) is 32.1 Å². The second kappa shape index (κ2) is 8.22. The second-order valence-electron chi connectivity index (χ2n) is 9.43. The SMILES string of the molecule is O=C(O)C1CCCC2C[C@@H]3[C@@H](/C=C/[C@H](O)CC4CCCCC4)[C@H](O)C[C@H]3N21. The molecule has 2 heterocycles. The van der Waals surface area contributed by atoms with Crippen molar-refractivity contribution in [2.75, 3.05) is 0 Å². The van der Waals surface area contributed by atoms with Crippen molar-refractivity contribution in [3.05, 3.63) is 12.2 Å². The molecule has 3 N–H and O–H groups in total. The number of rotatable bonds is 5. The summed E-state index contributed by atoms with van der Waals surface area (Å²) in [5.41, 5.74) is 0. The van der Waals surface area contributed by atoms with Gasteiger partial charge in [0.1, 0.15) is 6.04 Å². The molecule has 4 aliphatic rings. The van der Waals surface area contributed by atoms with Gasteiger partial charge in [-0.15, -0.1) is 0 Å². The van der Waals surface area contributed by atoms with Gasteiger partial charge in [0.05, 0.1) is 12.2 Å². The van der Waals surface area contributed by atoms with Gasteiger partial charge in [0, 0.05) is 18.0 Å². The van der Waals surface area contributed by atoms with Crippen LogP contribution in [0.5, 0.6) is 0 Å². The highest BCUT2D eigenvalue weighted by Gasteiger charge is 2.54. The van der Waals surface area contributed by atoms with E-state index in [4.69, 9.17) is 0 Å². The number of carboxylic acid groups (broad SMARTS) is 1. The molecule has 27 heavy (non-hydrogen) atoms. The fourth-order valence-electron chi connectivity index (χ4n) is 6.55. The van der Waals surface area contributed by atoms with Gasteiger partial charge in [0.25, 0.3) is 0 Å². The first kappa shape index (κ1) is 19.4. The summed E-state index contributed by atoms with van der Waals surface area (Å²) >= 11 is 0. The van der Waals surface area contributed by atoms with Crippen molar-refractivity contribution in [1.29, 1.82) is 0 Å². The average Bonchev–Trinajstić information content (AvgIpc) is 3.15. The molecule has 152 valence electrons. The molecule has 0 spiro atoms. The normalized spacial score (nSPS) is 41.6. The number of aliphatic hydroxyl groups excluding tert-OH is 2. The highest BCUT2D eigenvalue weighted by molar-refractivity contribution is 5.73. The topological polar surface area (TPSA) is 81.0 Å². The lowest BCUT2D eigenvalue weighted by molar-refractivity contribution is -0.146. The van der Waals surface area contributed by atoms with Crippen LogP contribution in [-0.4, -0.2) is 56.5 Å². The number of nitrogens with zero attached hydrogens (tertiary/aromatic N) is 1. The van der Waals surface area contributed by atoms with Crippen molar-refractivity contribution in [3.8, 4) is 0 Å². The van der Waals surface area contributed by atoms with Crippen LogP contribution in [0.1, 0.15) is 70.6 Å². The largest absolute Gasteiger partial charge is 0.480 e. The molecule has 4 rings (SSSR count). The minimum absolute atomic E-state index is 0.0519. The van der Waals surface area contributed by atoms with Gasteiger partial charge in [0.2, 0.25) is 0 Å². The summed E-state index contributed by atoms with van der Waals surface area (Å²) in [7, 11) is 0. The zero-order valence-corrected chi connectivity index (χ0v) is 16.2. The quantitative estimate of drug-likeness (QED) is 0.642. The molecule has 0 aromatic rings. The van der Waals surface area contributed by atoms with Crippen molar-refractivity contribution in [2.24, 2.45) is 17.8 Å². The third kappa shape index (κ3) is 3.96. The summed E-state index contributed by atoms with van der Waals surface area (Å²) in [4.78, 5) is 13.9. The number of hydrogen-bond donors (Lipinski definition) is 3. The third-order valence-corrected chi connectivity index (χ3v) is 7.78. The monoisotopic (exact) mass is 377 g/mol. The van der Waals surface area contributed by atoms with Gasteiger partial charge in [-0.25, -0.2) is 0 Å². The molecule has 0 bridgehead atoms. The van der Waals surface area contributed by atoms with Gasteiger partial charge in [0.15, 0.2) is 0 Å². The zero-order valence-electron chi connectivity index (χ0n) is 16.2. The fourth-order valence-corrected chi connectivity index (χ4v) is 6.55. The summed E-state index contributed by atoms with van der Waals surface area (Å²) in [6, 6.07) is 0.146. The number of carbonyl (C=O) groups is 1. The van der Waals surface area contributed by atoms with Crippen LogP contribution in [0, 0.1) is 17.8 Å². The summed E-state index contributed by atoms with van der Waals surface area (Å²) in [6.07, 6.45) is 14.8. The maximum absolute atomic E-state index is 11.7. The molecule has 7 atom stereocenters.